The first-order valence-electron chi connectivity index (χ1n) is 8.51. The number of carbonyl (C=O) groups is 1. The second-order valence-corrected chi connectivity index (χ2v) is 6.50. The normalized spacial score (nSPS) is 10.7. The van der Waals surface area contributed by atoms with Crippen molar-refractivity contribution < 1.29 is 4.79 Å². The Balaban J connectivity index is 0.00000364. The Labute approximate surface area is 183 Å². The van der Waals surface area contributed by atoms with Crippen molar-refractivity contribution in [3.05, 3.63) is 64.7 Å². The van der Waals surface area contributed by atoms with Gasteiger partial charge in [-0.2, -0.15) is 0 Å². The summed E-state index contributed by atoms with van der Waals surface area (Å²) in [6.45, 7) is 3.19. The molecule has 0 atom stereocenters. The Morgan fingerprint density at radius 3 is 2.52 bits per heavy atom. The van der Waals surface area contributed by atoms with Crippen molar-refractivity contribution in [1.29, 1.82) is 0 Å². The minimum Gasteiger partial charge on any atom is -0.356 e. The zero-order valence-electron chi connectivity index (χ0n) is 15.8. The largest absolute Gasteiger partial charge is 0.356 e. The van der Waals surface area contributed by atoms with E-state index < -0.39 is 0 Å². The van der Waals surface area contributed by atoms with Crippen LogP contribution in [0.25, 0.3) is 0 Å². The van der Waals surface area contributed by atoms with E-state index in [-0.39, 0.29) is 29.9 Å². The lowest BCUT2D eigenvalue weighted by atomic mass is 10.2. The third-order valence-electron chi connectivity index (χ3n) is 3.87. The van der Waals surface area contributed by atoms with E-state index in [1.165, 1.54) is 5.56 Å². The summed E-state index contributed by atoms with van der Waals surface area (Å²) < 4.78 is 0. The highest BCUT2D eigenvalue weighted by Gasteiger charge is 2.09. The van der Waals surface area contributed by atoms with Gasteiger partial charge in [-0.05, 0) is 30.2 Å². The number of aliphatic imine (C=N–C) groups is 1. The molecule has 2 aromatic rings. The summed E-state index contributed by atoms with van der Waals surface area (Å²) in [6.07, 6.45) is 0.322. The molecule has 2 rings (SSSR count). The number of aryl methyl sites for hydroxylation is 1. The van der Waals surface area contributed by atoms with Crippen molar-refractivity contribution in [3.63, 3.8) is 0 Å². The number of benzene rings is 2. The fourth-order valence-electron chi connectivity index (χ4n) is 2.54. The average Bonchev–Trinajstić information content (AvgIpc) is 2.62. The number of nitrogens with one attached hydrogen (secondary N) is 2. The lowest BCUT2D eigenvalue weighted by molar-refractivity contribution is -0.116. The van der Waals surface area contributed by atoms with Gasteiger partial charge in [0.25, 0.3) is 0 Å². The van der Waals surface area contributed by atoms with Gasteiger partial charge in [0.1, 0.15) is 0 Å². The zero-order valence-corrected chi connectivity index (χ0v) is 18.9. The minimum atomic E-state index is -0.0931. The maximum Gasteiger partial charge on any atom is 0.226 e. The van der Waals surface area contributed by atoms with Crippen molar-refractivity contribution >= 4 is 53.1 Å². The first-order valence-corrected chi connectivity index (χ1v) is 8.89. The molecule has 7 heteroatoms. The molecule has 2 aromatic carbocycles. The molecule has 0 aliphatic heterocycles. The van der Waals surface area contributed by atoms with E-state index in [4.69, 9.17) is 11.6 Å². The van der Waals surface area contributed by atoms with Crippen LogP contribution in [-0.4, -0.2) is 37.4 Å². The monoisotopic (exact) mass is 500 g/mol. The van der Waals surface area contributed by atoms with Crippen LogP contribution in [-0.2, 0) is 11.3 Å². The molecule has 0 saturated heterocycles. The molecular formula is C20H26ClIN4O. The van der Waals surface area contributed by atoms with Gasteiger partial charge in [0.2, 0.25) is 5.91 Å². The number of rotatable bonds is 6. The molecule has 0 unspecified atom stereocenters. The number of guanidine groups is 1. The highest BCUT2D eigenvalue weighted by molar-refractivity contribution is 14.0. The fourth-order valence-corrected chi connectivity index (χ4v) is 2.82. The van der Waals surface area contributed by atoms with E-state index in [1.54, 1.807) is 7.05 Å². The number of halogens is 2. The summed E-state index contributed by atoms with van der Waals surface area (Å²) in [7, 11) is 3.70. The van der Waals surface area contributed by atoms with Crippen molar-refractivity contribution in [2.75, 3.05) is 26.0 Å². The van der Waals surface area contributed by atoms with E-state index in [1.807, 2.05) is 55.3 Å². The van der Waals surface area contributed by atoms with Gasteiger partial charge in [0, 0.05) is 33.6 Å². The minimum absolute atomic E-state index is 0. The highest BCUT2D eigenvalue weighted by Crippen LogP contribution is 2.22. The summed E-state index contributed by atoms with van der Waals surface area (Å²) >= 11 is 6.14. The Bertz CT molecular complexity index is 768. The number of carbonyl (C=O) groups excluding carboxylic acids is 1. The predicted octanol–water partition coefficient (Wildman–Crippen LogP) is 4.30. The smallest absolute Gasteiger partial charge is 0.226 e. The van der Waals surface area contributed by atoms with E-state index in [9.17, 15) is 4.79 Å². The molecule has 0 fully saturated rings. The van der Waals surface area contributed by atoms with Gasteiger partial charge in [-0.25, -0.2) is 0 Å². The highest BCUT2D eigenvalue weighted by atomic mass is 127. The SMILES string of the molecule is CN=C(NCCC(=O)Nc1ccc(C)cc1Cl)N(C)Cc1ccccc1.I. The van der Waals surface area contributed by atoms with Crippen LogP contribution in [0, 0.1) is 6.92 Å². The molecule has 0 aliphatic rings. The number of hydrogen-bond acceptors (Lipinski definition) is 2. The molecule has 27 heavy (non-hydrogen) atoms. The molecule has 0 aromatic heterocycles. The molecule has 1 amide bonds. The first kappa shape index (κ1) is 23.2. The number of nitrogens with zero attached hydrogens (tertiary/aromatic N) is 2. The fraction of sp³-hybridized carbons (Fsp3) is 0.300. The molecule has 146 valence electrons. The Morgan fingerprint density at radius 1 is 1.19 bits per heavy atom. The second-order valence-electron chi connectivity index (χ2n) is 6.10. The maximum atomic E-state index is 12.1. The van der Waals surface area contributed by atoms with E-state index in [0.717, 1.165) is 18.1 Å². The maximum absolute atomic E-state index is 12.1. The summed E-state index contributed by atoms with van der Waals surface area (Å²) in [5.74, 6) is 0.652. The summed E-state index contributed by atoms with van der Waals surface area (Å²) in [6, 6.07) is 15.7. The van der Waals surface area contributed by atoms with Gasteiger partial charge in [-0.15, -0.1) is 24.0 Å². The zero-order chi connectivity index (χ0) is 18.9. The molecule has 0 bridgehead atoms. The van der Waals surface area contributed by atoms with E-state index >= 15 is 0 Å². The van der Waals surface area contributed by atoms with Crippen molar-refractivity contribution in [2.45, 2.75) is 19.9 Å². The van der Waals surface area contributed by atoms with Crippen LogP contribution in [0.3, 0.4) is 0 Å². The average molecular weight is 501 g/mol. The Morgan fingerprint density at radius 2 is 1.89 bits per heavy atom. The third kappa shape index (κ3) is 7.76. The number of hydrogen-bond donors (Lipinski definition) is 2. The van der Waals surface area contributed by atoms with Crippen LogP contribution in [0.1, 0.15) is 17.5 Å². The standard InChI is InChI=1S/C20H25ClN4O.HI/c1-15-9-10-18(17(21)13-15)24-19(26)11-12-23-20(22-2)25(3)14-16-7-5-4-6-8-16;/h4-10,13H,11-12,14H2,1-3H3,(H,22,23)(H,24,26);1H. The molecular weight excluding hydrogens is 475 g/mol. The van der Waals surface area contributed by atoms with E-state index in [0.29, 0.717) is 23.7 Å². The van der Waals surface area contributed by atoms with E-state index in [2.05, 4.69) is 27.8 Å². The summed E-state index contributed by atoms with van der Waals surface area (Å²) in [5, 5.41) is 6.59. The first-order chi connectivity index (χ1) is 12.5. The summed E-state index contributed by atoms with van der Waals surface area (Å²) in [4.78, 5) is 18.4. The van der Waals surface area contributed by atoms with Crippen LogP contribution < -0.4 is 10.6 Å². The lowest BCUT2D eigenvalue weighted by Crippen LogP contribution is -2.39. The molecule has 0 aliphatic carbocycles. The topological polar surface area (TPSA) is 56.7 Å². The molecule has 0 heterocycles. The molecule has 0 spiro atoms. The van der Waals surface area contributed by atoms with Crippen LogP contribution in [0.15, 0.2) is 53.5 Å². The Hall–Kier alpha value is -1.80. The Kier molecular flexibility index (Phi) is 10.2. The van der Waals surface area contributed by atoms with Gasteiger partial charge >= 0.3 is 0 Å². The van der Waals surface area contributed by atoms with Gasteiger partial charge in [-0.3, -0.25) is 9.79 Å². The quantitative estimate of drug-likeness (QED) is 0.353. The molecule has 0 radical (unpaired) electrons. The van der Waals surface area contributed by atoms with Gasteiger partial charge in [0.05, 0.1) is 10.7 Å². The van der Waals surface area contributed by atoms with Crippen LogP contribution in [0.2, 0.25) is 5.02 Å². The van der Waals surface area contributed by atoms with Crippen molar-refractivity contribution in [3.8, 4) is 0 Å². The second kappa shape index (κ2) is 11.8. The van der Waals surface area contributed by atoms with Gasteiger partial charge < -0.3 is 15.5 Å². The predicted molar refractivity (Wildman–Crippen MR) is 124 cm³/mol. The number of anilines is 1. The number of amides is 1. The van der Waals surface area contributed by atoms with Crippen LogP contribution >= 0.6 is 35.6 Å². The van der Waals surface area contributed by atoms with Crippen molar-refractivity contribution in [1.82, 2.24) is 10.2 Å². The third-order valence-corrected chi connectivity index (χ3v) is 4.18. The van der Waals surface area contributed by atoms with Gasteiger partial charge in [-0.1, -0.05) is 48.0 Å². The van der Waals surface area contributed by atoms with Crippen molar-refractivity contribution in [2.24, 2.45) is 4.99 Å². The van der Waals surface area contributed by atoms with Crippen LogP contribution in [0.4, 0.5) is 5.69 Å². The lowest BCUT2D eigenvalue weighted by Gasteiger charge is -2.22. The van der Waals surface area contributed by atoms with Gasteiger partial charge in [0.15, 0.2) is 5.96 Å². The molecule has 2 N–H and O–H groups in total. The van der Waals surface area contributed by atoms with Crippen LogP contribution in [0.5, 0.6) is 0 Å². The molecule has 5 nitrogen and oxygen atoms in total. The summed E-state index contributed by atoms with van der Waals surface area (Å²) in [5.41, 5.74) is 2.89. The molecule has 0 saturated carbocycles.